The van der Waals surface area contributed by atoms with Gasteiger partial charge in [-0.05, 0) is 12.1 Å². The van der Waals surface area contributed by atoms with E-state index in [1.54, 1.807) is 12.1 Å². The molecule has 2 aromatic rings. The van der Waals surface area contributed by atoms with Crippen LogP contribution >= 0.6 is 0 Å². The average molecular weight is 211 g/mol. The SMILES string of the molecule is Oc1cc(OC(F)F)c2ncccc2c1. The fraction of sp³-hybridized carbons (Fsp3) is 0.100. The number of nitrogens with zero attached hydrogens (tertiary/aromatic N) is 1. The number of benzene rings is 1. The third kappa shape index (κ3) is 1.96. The van der Waals surface area contributed by atoms with E-state index in [1.807, 2.05) is 0 Å². The van der Waals surface area contributed by atoms with Crippen molar-refractivity contribution in [1.82, 2.24) is 4.98 Å². The summed E-state index contributed by atoms with van der Waals surface area (Å²) in [6.07, 6.45) is 1.47. The zero-order valence-corrected chi connectivity index (χ0v) is 7.52. The molecule has 0 amide bonds. The number of phenols is 1. The first-order valence-corrected chi connectivity index (χ1v) is 4.19. The predicted octanol–water partition coefficient (Wildman–Crippen LogP) is 2.54. The van der Waals surface area contributed by atoms with Crippen LogP contribution in [0.25, 0.3) is 10.9 Å². The molecule has 0 atom stereocenters. The summed E-state index contributed by atoms with van der Waals surface area (Å²) in [6.45, 7) is -2.93. The number of hydrogen-bond donors (Lipinski definition) is 1. The molecule has 0 fully saturated rings. The van der Waals surface area contributed by atoms with Gasteiger partial charge in [0, 0.05) is 17.6 Å². The molecule has 1 aromatic heterocycles. The number of fused-ring (bicyclic) bond motifs is 1. The number of rotatable bonds is 2. The summed E-state index contributed by atoms with van der Waals surface area (Å²) in [5.74, 6) is -0.258. The van der Waals surface area contributed by atoms with Crippen LogP contribution in [0.3, 0.4) is 0 Å². The van der Waals surface area contributed by atoms with Crippen LogP contribution in [0.4, 0.5) is 8.78 Å². The number of pyridine rings is 1. The molecule has 0 unspecified atom stereocenters. The number of phenolic OH excluding ortho intramolecular Hbond substituents is 1. The lowest BCUT2D eigenvalue weighted by Crippen LogP contribution is -2.02. The van der Waals surface area contributed by atoms with Crippen molar-refractivity contribution < 1.29 is 18.6 Å². The highest BCUT2D eigenvalue weighted by Crippen LogP contribution is 2.29. The quantitative estimate of drug-likeness (QED) is 0.829. The Morgan fingerprint density at radius 3 is 2.87 bits per heavy atom. The van der Waals surface area contributed by atoms with E-state index in [0.717, 1.165) is 6.07 Å². The first-order chi connectivity index (χ1) is 7.16. The van der Waals surface area contributed by atoms with Gasteiger partial charge in [-0.2, -0.15) is 8.78 Å². The summed E-state index contributed by atoms with van der Waals surface area (Å²) in [6, 6.07) is 5.84. The monoisotopic (exact) mass is 211 g/mol. The number of ether oxygens (including phenoxy) is 1. The normalized spacial score (nSPS) is 10.9. The molecular weight excluding hydrogens is 204 g/mol. The molecule has 2 rings (SSSR count). The van der Waals surface area contributed by atoms with Crippen molar-refractivity contribution in [2.75, 3.05) is 0 Å². The number of aromatic nitrogens is 1. The molecule has 3 nitrogen and oxygen atoms in total. The first kappa shape index (κ1) is 9.64. The number of hydrogen-bond acceptors (Lipinski definition) is 3. The van der Waals surface area contributed by atoms with Crippen LogP contribution in [-0.2, 0) is 0 Å². The Bertz CT molecular complexity index is 488. The maximum absolute atomic E-state index is 12.0. The van der Waals surface area contributed by atoms with E-state index in [4.69, 9.17) is 0 Å². The van der Waals surface area contributed by atoms with Crippen LogP contribution < -0.4 is 4.74 Å². The second kappa shape index (κ2) is 3.68. The van der Waals surface area contributed by atoms with Gasteiger partial charge in [0.05, 0.1) is 0 Å². The molecule has 1 heterocycles. The molecule has 0 bridgehead atoms. The van der Waals surface area contributed by atoms with Crippen molar-refractivity contribution in [2.24, 2.45) is 0 Å². The van der Waals surface area contributed by atoms with Crippen LogP contribution in [0.1, 0.15) is 0 Å². The Hall–Kier alpha value is -1.91. The summed E-state index contributed by atoms with van der Waals surface area (Å²) in [5.41, 5.74) is 0.301. The van der Waals surface area contributed by atoms with E-state index < -0.39 is 6.61 Å². The Kier molecular flexibility index (Phi) is 2.37. The zero-order chi connectivity index (χ0) is 10.8. The lowest BCUT2D eigenvalue weighted by Gasteiger charge is -2.07. The Morgan fingerprint density at radius 2 is 2.13 bits per heavy atom. The fourth-order valence-corrected chi connectivity index (χ4v) is 1.33. The molecule has 0 radical (unpaired) electrons. The van der Waals surface area contributed by atoms with E-state index in [2.05, 4.69) is 9.72 Å². The Labute approximate surface area is 83.9 Å². The molecular formula is C10H7F2NO2. The van der Waals surface area contributed by atoms with Gasteiger partial charge in [0.15, 0.2) is 5.75 Å². The van der Waals surface area contributed by atoms with Crippen molar-refractivity contribution >= 4 is 10.9 Å². The molecule has 0 aliphatic heterocycles. The molecule has 15 heavy (non-hydrogen) atoms. The zero-order valence-electron chi connectivity index (χ0n) is 7.52. The molecule has 0 saturated carbocycles. The summed E-state index contributed by atoms with van der Waals surface area (Å²) < 4.78 is 28.3. The lowest BCUT2D eigenvalue weighted by molar-refractivity contribution is -0.0489. The molecule has 5 heteroatoms. The first-order valence-electron chi connectivity index (χ1n) is 4.19. The van der Waals surface area contributed by atoms with E-state index in [1.165, 1.54) is 12.3 Å². The third-order valence-corrected chi connectivity index (χ3v) is 1.87. The van der Waals surface area contributed by atoms with Gasteiger partial charge in [-0.3, -0.25) is 4.98 Å². The lowest BCUT2D eigenvalue weighted by atomic mass is 10.2. The summed E-state index contributed by atoms with van der Waals surface area (Å²) in [4.78, 5) is 3.91. The summed E-state index contributed by atoms with van der Waals surface area (Å²) in [5, 5.41) is 9.82. The van der Waals surface area contributed by atoms with Gasteiger partial charge in [-0.25, -0.2) is 0 Å². The summed E-state index contributed by atoms with van der Waals surface area (Å²) >= 11 is 0. The van der Waals surface area contributed by atoms with Gasteiger partial charge in [0.2, 0.25) is 0 Å². The highest BCUT2D eigenvalue weighted by Gasteiger charge is 2.10. The second-order valence-corrected chi connectivity index (χ2v) is 2.90. The van der Waals surface area contributed by atoms with Gasteiger partial charge in [0.25, 0.3) is 0 Å². The van der Waals surface area contributed by atoms with Crippen LogP contribution in [0, 0.1) is 0 Å². The molecule has 0 spiro atoms. The predicted molar refractivity (Wildman–Crippen MR) is 50.0 cm³/mol. The molecule has 1 aromatic carbocycles. The molecule has 0 saturated heterocycles. The van der Waals surface area contributed by atoms with Gasteiger partial charge in [0.1, 0.15) is 11.3 Å². The van der Waals surface area contributed by atoms with Gasteiger partial charge in [-0.15, -0.1) is 0 Å². The molecule has 0 aliphatic rings. The average Bonchev–Trinajstić information content (AvgIpc) is 2.16. The second-order valence-electron chi connectivity index (χ2n) is 2.90. The van der Waals surface area contributed by atoms with Crippen LogP contribution in [0.15, 0.2) is 30.5 Å². The molecule has 0 aliphatic carbocycles. The molecule has 78 valence electrons. The van der Waals surface area contributed by atoms with Crippen molar-refractivity contribution in [2.45, 2.75) is 6.61 Å². The third-order valence-electron chi connectivity index (χ3n) is 1.87. The molecule has 1 N–H and O–H groups in total. The maximum Gasteiger partial charge on any atom is 0.387 e. The largest absolute Gasteiger partial charge is 0.508 e. The standard InChI is InChI=1S/C10H7F2NO2/c11-10(12)15-8-5-7(14)4-6-2-1-3-13-9(6)8/h1-5,10,14H. The Morgan fingerprint density at radius 1 is 1.33 bits per heavy atom. The summed E-state index contributed by atoms with van der Waals surface area (Å²) in [7, 11) is 0. The van der Waals surface area contributed by atoms with Crippen molar-refractivity contribution in [3.8, 4) is 11.5 Å². The van der Waals surface area contributed by atoms with Gasteiger partial charge in [-0.1, -0.05) is 6.07 Å². The van der Waals surface area contributed by atoms with E-state index >= 15 is 0 Å². The number of alkyl halides is 2. The minimum absolute atomic E-state index is 0.124. The highest BCUT2D eigenvalue weighted by molar-refractivity contribution is 5.85. The number of halogens is 2. The van der Waals surface area contributed by atoms with Crippen LogP contribution in [0.2, 0.25) is 0 Å². The van der Waals surface area contributed by atoms with E-state index in [-0.39, 0.29) is 11.5 Å². The number of aromatic hydroxyl groups is 1. The smallest absolute Gasteiger partial charge is 0.387 e. The van der Waals surface area contributed by atoms with Crippen LogP contribution in [0.5, 0.6) is 11.5 Å². The van der Waals surface area contributed by atoms with Crippen molar-refractivity contribution in [3.05, 3.63) is 30.5 Å². The maximum atomic E-state index is 12.0. The van der Waals surface area contributed by atoms with Crippen molar-refractivity contribution in [1.29, 1.82) is 0 Å². The van der Waals surface area contributed by atoms with E-state index in [0.29, 0.717) is 10.9 Å². The Balaban J connectivity index is 2.60. The highest BCUT2D eigenvalue weighted by atomic mass is 19.3. The minimum atomic E-state index is -2.93. The minimum Gasteiger partial charge on any atom is -0.508 e. The van der Waals surface area contributed by atoms with Crippen molar-refractivity contribution in [3.63, 3.8) is 0 Å². The van der Waals surface area contributed by atoms with Crippen LogP contribution in [-0.4, -0.2) is 16.7 Å². The van der Waals surface area contributed by atoms with Gasteiger partial charge < -0.3 is 9.84 Å². The topological polar surface area (TPSA) is 42.4 Å². The fourth-order valence-electron chi connectivity index (χ4n) is 1.33. The van der Waals surface area contributed by atoms with Gasteiger partial charge >= 0.3 is 6.61 Å². The van der Waals surface area contributed by atoms with E-state index in [9.17, 15) is 13.9 Å².